The first-order valence-electron chi connectivity index (χ1n) is 6.36. The Hall–Kier alpha value is -2.30. The van der Waals surface area contributed by atoms with Crippen LogP contribution in [0.5, 0.6) is 0 Å². The Morgan fingerprint density at radius 3 is 2.50 bits per heavy atom. The minimum absolute atomic E-state index is 0.0327. The van der Waals surface area contributed by atoms with Crippen LogP contribution in [0.25, 0.3) is 0 Å². The molecule has 0 aliphatic carbocycles. The van der Waals surface area contributed by atoms with Crippen LogP contribution in [-0.2, 0) is 14.3 Å². The first-order chi connectivity index (χ1) is 9.56. The zero-order chi connectivity index (χ0) is 15.0. The monoisotopic (exact) mass is 278 g/mol. The van der Waals surface area contributed by atoms with Crippen molar-refractivity contribution in [2.75, 3.05) is 6.61 Å². The molecule has 108 valence electrons. The van der Waals surface area contributed by atoms with Crippen molar-refractivity contribution in [2.24, 2.45) is 0 Å². The van der Waals surface area contributed by atoms with Crippen LogP contribution in [0.3, 0.4) is 0 Å². The second-order valence-electron chi connectivity index (χ2n) is 4.19. The summed E-state index contributed by atoms with van der Waals surface area (Å²) in [6.07, 6.45) is -0.883. The first-order valence-corrected chi connectivity index (χ1v) is 6.36. The van der Waals surface area contributed by atoms with E-state index in [0.29, 0.717) is 5.56 Å². The number of carbonyl (C=O) groups is 2. The molecule has 0 amide bonds. The SMILES string of the molecule is C=C(C(=O)OCCCC)C(OC(=O)O)c1ccccc1. The van der Waals surface area contributed by atoms with Crippen molar-refractivity contribution in [3.05, 3.63) is 48.0 Å². The number of unbranched alkanes of at least 4 members (excludes halogenated alkanes) is 1. The second-order valence-corrected chi connectivity index (χ2v) is 4.19. The fourth-order valence-corrected chi connectivity index (χ4v) is 1.58. The minimum Gasteiger partial charge on any atom is -0.462 e. The van der Waals surface area contributed by atoms with E-state index >= 15 is 0 Å². The van der Waals surface area contributed by atoms with Crippen LogP contribution in [0.4, 0.5) is 4.79 Å². The third-order valence-electron chi connectivity index (χ3n) is 2.63. The number of hydrogen-bond donors (Lipinski definition) is 1. The van der Waals surface area contributed by atoms with Gasteiger partial charge in [-0.2, -0.15) is 0 Å². The van der Waals surface area contributed by atoms with E-state index in [0.717, 1.165) is 12.8 Å². The average molecular weight is 278 g/mol. The summed E-state index contributed by atoms with van der Waals surface area (Å²) in [5, 5.41) is 8.77. The topological polar surface area (TPSA) is 72.8 Å². The fraction of sp³-hybridized carbons (Fsp3) is 0.333. The molecule has 20 heavy (non-hydrogen) atoms. The van der Waals surface area contributed by atoms with Gasteiger partial charge in [0.05, 0.1) is 12.2 Å². The van der Waals surface area contributed by atoms with Crippen molar-refractivity contribution >= 4 is 12.1 Å². The first kappa shape index (κ1) is 15.8. The lowest BCUT2D eigenvalue weighted by molar-refractivity contribution is -0.140. The quantitative estimate of drug-likeness (QED) is 0.470. The molecule has 0 saturated heterocycles. The summed E-state index contributed by atoms with van der Waals surface area (Å²) < 4.78 is 9.76. The molecule has 0 aliphatic rings. The molecule has 0 radical (unpaired) electrons. The zero-order valence-corrected chi connectivity index (χ0v) is 11.4. The van der Waals surface area contributed by atoms with Crippen molar-refractivity contribution < 1.29 is 24.2 Å². The molecule has 1 N–H and O–H groups in total. The molecule has 0 spiro atoms. The summed E-state index contributed by atoms with van der Waals surface area (Å²) in [4.78, 5) is 22.6. The third kappa shape index (κ3) is 4.76. The number of hydrogen-bond acceptors (Lipinski definition) is 4. The van der Waals surface area contributed by atoms with E-state index in [1.54, 1.807) is 30.3 Å². The predicted octanol–water partition coefficient (Wildman–Crippen LogP) is 3.32. The Morgan fingerprint density at radius 2 is 1.95 bits per heavy atom. The van der Waals surface area contributed by atoms with E-state index in [9.17, 15) is 9.59 Å². The Morgan fingerprint density at radius 1 is 1.30 bits per heavy atom. The molecule has 0 bridgehead atoms. The maximum atomic E-state index is 11.8. The van der Waals surface area contributed by atoms with Gasteiger partial charge in [0.25, 0.3) is 0 Å². The molecular weight excluding hydrogens is 260 g/mol. The number of carbonyl (C=O) groups excluding carboxylic acids is 1. The summed E-state index contributed by atoms with van der Waals surface area (Å²) in [7, 11) is 0. The predicted molar refractivity (Wildman–Crippen MR) is 73.3 cm³/mol. The van der Waals surface area contributed by atoms with Gasteiger partial charge in [-0.1, -0.05) is 50.3 Å². The van der Waals surface area contributed by atoms with Gasteiger partial charge in [0.2, 0.25) is 0 Å². The molecule has 1 aromatic rings. The Kier molecular flexibility index (Phi) is 6.29. The summed E-state index contributed by atoms with van der Waals surface area (Å²) in [5.41, 5.74) is 0.502. The second kappa shape index (κ2) is 7.99. The van der Waals surface area contributed by atoms with Crippen LogP contribution in [0.15, 0.2) is 42.5 Å². The van der Waals surface area contributed by atoms with Crippen LogP contribution in [0.2, 0.25) is 0 Å². The standard InChI is InChI=1S/C15H18O5/c1-3-4-10-19-14(16)11(2)13(20-15(17)18)12-8-6-5-7-9-12/h5-9,13H,2-4,10H2,1H3,(H,17,18). The lowest BCUT2D eigenvalue weighted by Gasteiger charge is -2.17. The largest absolute Gasteiger partial charge is 0.506 e. The van der Waals surface area contributed by atoms with Crippen LogP contribution < -0.4 is 0 Å². The van der Waals surface area contributed by atoms with Crippen LogP contribution >= 0.6 is 0 Å². The number of benzene rings is 1. The molecule has 0 saturated carbocycles. The van der Waals surface area contributed by atoms with Crippen LogP contribution in [-0.4, -0.2) is 23.8 Å². The maximum Gasteiger partial charge on any atom is 0.506 e. The summed E-state index contributed by atoms with van der Waals surface area (Å²) in [6, 6.07) is 8.56. The molecule has 0 aliphatic heterocycles. The number of carboxylic acid groups (broad SMARTS) is 1. The van der Waals surface area contributed by atoms with Gasteiger partial charge in [-0.15, -0.1) is 0 Å². The Labute approximate surface area is 117 Å². The van der Waals surface area contributed by atoms with Gasteiger partial charge in [0, 0.05) is 0 Å². The van der Waals surface area contributed by atoms with E-state index < -0.39 is 18.2 Å². The lowest BCUT2D eigenvalue weighted by atomic mass is 10.0. The third-order valence-corrected chi connectivity index (χ3v) is 2.63. The Bertz CT molecular complexity index is 466. The molecule has 0 fully saturated rings. The molecule has 0 aromatic heterocycles. The number of rotatable bonds is 7. The highest BCUT2D eigenvalue weighted by molar-refractivity contribution is 5.89. The number of ether oxygens (including phenoxy) is 2. The molecule has 5 nitrogen and oxygen atoms in total. The van der Waals surface area contributed by atoms with E-state index in [-0.39, 0.29) is 12.2 Å². The number of esters is 1. The van der Waals surface area contributed by atoms with Crippen molar-refractivity contribution in [2.45, 2.75) is 25.9 Å². The molecular formula is C15H18O5. The fourth-order valence-electron chi connectivity index (χ4n) is 1.58. The molecule has 5 heteroatoms. The normalized spacial score (nSPS) is 11.4. The molecule has 1 rings (SSSR count). The van der Waals surface area contributed by atoms with Crippen molar-refractivity contribution in [3.8, 4) is 0 Å². The zero-order valence-electron chi connectivity index (χ0n) is 11.4. The molecule has 0 heterocycles. The van der Waals surface area contributed by atoms with Gasteiger partial charge in [-0.3, -0.25) is 0 Å². The maximum absolute atomic E-state index is 11.8. The highest BCUT2D eigenvalue weighted by atomic mass is 16.7. The van der Waals surface area contributed by atoms with Crippen LogP contribution in [0.1, 0.15) is 31.4 Å². The molecule has 1 atom stereocenters. The van der Waals surface area contributed by atoms with Gasteiger partial charge in [0.1, 0.15) is 0 Å². The van der Waals surface area contributed by atoms with Gasteiger partial charge in [0.15, 0.2) is 6.10 Å². The van der Waals surface area contributed by atoms with Crippen molar-refractivity contribution in [3.63, 3.8) is 0 Å². The molecule has 1 aromatic carbocycles. The highest BCUT2D eigenvalue weighted by Crippen LogP contribution is 2.25. The van der Waals surface area contributed by atoms with Crippen LogP contribution in [0, 0.1) is 0 Å². The van der Waals surface area contributed by atoms with E-state index in [2.05, 4.69) is 6.58 Å². The van der Waals surface area contributed by atoms with Crippen molar-refractivity contribution in [1.82, 2.24) is 0 Å². The minimum atomic E-state index is -1.47. The summed E-state index contributed by atoms with van der Waals surface area (Å²) in [5.74, 6) is -0.645. The smallest absolute Gasteiger partial charge is 0.462 e. The van der Waals surface area contributed by atoms with Crippen molar-refractivity contribution in [1.29, 1.82) is 0 Å². The summed E-state index contributed by atoms with van der Waals surface area (Å²) >= 11 is 0. The van der Waals surface area contributed by atoms with Gasteiger partial charge in [-0.25, -0.2) is 9.59 Å². The van der Waals surface area contributed by atoms with Gasteiger partial charge < -0.3 is 14.6 Å². The highest BCUT2D eigenvalue weighted by Gasteiger charge is 2.25. The average Bonchev–Trinajstić information content (AvgIpc) is 2.45. The van der Waals surface area contributed by atoms with E-state index in [1.165, 1.54) is 0 Å². The molecule has 1 unspecified atom stereocenters. The lowest BCUT2D eigenvalue weighted by Crippen LogP contribution is -2.19. The van der Waals surface area contributed by atoms with E-state index in [1.807, 2.05) is 6.92 Å². The van der Waals surface area contributed by atoms with E-state index in [4.69, 9.17) is 14.6 Å². The Balaban J connectivity index is 2.80. The van der Waals surface area contributed by atoms with Gasteiger partial charge >= 0.3 is 12.1 Å². The van der Waals surface area contributed by atoms with Gasteiger partial charge in [-0.05, 0) is 12.0 Å². The summed E-state index contributed by atoms with van der Waals surface area (Å²) in [6.45, 7) is 5.86.